The van der Waals surface area contributed by atoms with Crippen molar-refractivity contribution in [1.82, 2.24) is 20.6 Å². The first kappa shape index (κ1) is 13.5. The fourth-order valence-corrected chi connectivity index (χ4v) is 2.59. The SMILES string of the molecule is CC(c1nn[nH]n1)C(O)(c1ccccc1)c1ccccc1. The first-order chi connectivity index (χ1) is 10.2. The second-order valence-corrected chi connectivity index (χ2v) is 4.99. The maximum Gasteiger partial charge on any atom is 0.180 e. The topological polar surface area (TPSA) is 74.7 Å². The summed E-state index contributed by atoms with van der Waals surface area (Å²) in [6.45, 7) is 1.89. The van der Waals surface area contributed by atoms with Gasteiger partial charge in [-0.1, -0.05) is 72.8 Å². The van der Waals surface area contributed by atoms with Gasteiger partial charge >= 0.3 is 0 Å². The van der Waals surface area contributed by atoms with Gasteiger partial charge in [-0.25, -0.2) is 0 Å². The van der Waals surface area contributed by atoms with E-state index >= 15 is 0 Å². The minimum atomic E-state index is -1.22. The second-order valence-electron chi connectivity index (χ2n) is 4.99. The summed E-state index contributed by atoms with van der Waals surface area (Å²) in [4.78, 5) is 0. The van der Waals surface area contributed by atoms with Crippen LogP contribution in [0.15, 0.2) is 60.7 Å². The molecule has 1 unspecified atom stereocenters. The molecule has 3 aromatic rings. The van der Waals surface area contributed by atoms with E-state index in [-0.39, 0.29) is 5.92 Å². The molecule has 0 bridgehead atoms. The van der Waals surface area contributed by atoms with E-state index in [2.05, 4.69) is 20.6 Å². The van der Waals surface area contributed by atoms with Crippen LogP contribution in [0.3, 0.4) is 0 Å². The first-order valence-electron chi connectivity index (χ1n) is 6.79. The van der Waals surface area contributed by atoms with Crippen LogP contribution in [0.25, 0.3) is 0 Å². The lowest BCUT2D eigenvalue weighted by molar-refractivity contribution is 0.0526. The van der Waals surface area contributed by atoms with Gasteiger partial charge < -0.3 is 5.11 Å². The van der Waals surface area contributed by atoms with Crippen molar-refractivity contribution in [3.8, 4) is 0 Å². The van der Waals surface area contributed by atoms with Gasteiger partial charge in [0.25, 0.3) is 0 Å². The summed E-state index contributed by atoms with van der Waals surface area (Å²) in [7, 11) is 0. The fourth-order valence-electron chi connectivity index (χ4n) is 2.59. The number of aliphatic hydroxyl groups is 1. The van der Waals surface area contributed by atoms with E-state index in [1.807, 2.05) is 67.6 Å². The van der Waals surface area contributed by atoms with Crippen LogP contribution in [0, 0.1) is 0 Å². The predicted molar refractivity (Wildman–Crippen MR) is 78.5 cm³/mol. The average molecular weight is 280 g/mol. The van der Waals surface area contributed by atoms with Crippen molar-refractivity contribution in [3.63, 3.8) is 0 Å². The molecule has 0 saturated heterocycles. The van der Waals surface area contributed by atoms with Gasteiger partial charge in [-0.2, -0.15) is 5.21 Å². The zero-order chi connectivity index (χ0) is 14.7. The summed E-state index contributed by atoms with van der Waals surface area (Å²) in [6, 6.07) is 19.1. The summed E-state index contributed by atoms with van der Waals surface area (Å²) in [5.41, 5.74) is 0.383. The van der Waals surface area contributed by atoms with Crippen molar-refractivity contribution in [2.45, 2.75) is 18.4 Å². The number of nitrogens with zero attached hydrogens (tertiary/aromatic N) is 3. The number of rotatable bonds is 4. The van der Waals surface area contributed by atoms with Crippen LogP contribution < -0.4 is 0 Å². The molecule has 1 heterocycles. The normalized spacial score (nSPS) is 13.0. The molecule has 0 aliphatic carbocycles. The lowest BCUT2D eigenvalue weighted by atomic mass is 9.76. The zero-order valence-corrected chi connectivity index (χ0v) is 11.6. The number of tetrazole rings is 1. The maximum atomic E-state index is 11.5. The summed E-state index contributed by atoms with van der Waals surface area (Å²) in [5, 5.41) is 25.6. The lowest BCUT2D eigenvalue weighted by Crippen LogP contribution is -2.34. The highest BCUT2D eigenvalue weighted by atomic mass is 16.3. The van der Waals surface area contributed by atoms with E-state index in [0.29, 0.717) is 5.82 Å². The third-order valence-corrected chi connectivity index (χ3v) is 3.80. The van der Waals surface area contributed by atoms with Crippen molar-refractivity contribution < 1.29 is 5.11 Å². The van der Waals surface area contributed by atoms with Crippen LogP contribution in [-0.2, 0) is 5.60 Å². The monoisotopic (exact) mass is 280 g/mol. The molecule has 0 spiro atoms. The maximum absolute atomic E-state index is 11.5. The van der Waals surface area contributed by atoms with E-state index in [9.17, 15) is 5.11 Å². The largest absolute Gasteiger partial charge is 0.380 e. The van der Waals surface area contributed by atoms with Crippen LogP contribution >= 0.6 is 0 Å². The van der Waals surface area contributed by atoms with E-state index in [1.54, 1.807) is 0 Å². The number of H-pyrrole nitrogens is 1. The summed E-state index contributed by atoms with van der Waals surface area (Å²) < 4.78 is 0. The third-order valence-electron chi connectivity index (χ3n) is 3.80. The lowest BCUT2D eigenvalue weighted by Gasteiger charge is -2.33. The van der Waals surface area contributed by atoms with Gasteiger partial charge in [0, 0.05) is 0 Å². The molecular weight excluding hydrogens is 264 g/mol. The average Bonchev–Trinajstić information content (AvgIpc) is 3.09. The Labute approximate surface area is 122 Å². The van der Waals surface area contributed by atoms with Crippen molar-refractivity contribution >= 4 is 0 Å². The molecule has 0 radical (unpaired) electrons. The summed E-state index contributed by atoms with van der Waals surface area (Å²) in [6.07, 6.45) is 0. The Morgan fingerprint density at radius 1 is 0.952 bits per heavy atom. The van der Waals surface area contributed by atoms with Crippen LogP contribution in [0.5, 0.6) is 0 Å². The van der Waals surface area contributed by atoms with Crippen molar-refractivity contribution in [3.05, 3.63) is 77.6 Å². The highest BCUT2D eigenvalue weighted by Crippen LogP contribution is 2.40. The van der Waals surface area contributed by atoms with E-state index in [4.69, 9.17) is 0 Å². The van der Waals surface area contributed by atoms with E-state index in [1.165, 1.54) is 0 Å². The fraction of sp³-hybridized carbons (Fsp3) is 0.188. The summed E-state index contributed by atoms with van der Waals surface area (Å²) >= 11 is 0. The Hall–Kier alpha value is -2.53. The Balaban J connectivity index is 2.16. The molecule has 2 aromatic carbocycles. The van der Waals surface area contributed by atoms with Crippen molar-refractivity contribution in [1.29, 1.82) is 0 Å². The summed E-state index contributed by atoms with van der Waals surface area (Å²) in [5.74, 6) is 0.131. The second kappa shape index (κ2) is 5.46. The molecule has 1 aromatic heterocycles. The molecule has 0 aliphatic heterocycles. The van der Waals surface area contributed by atoms with Crippen LogP contribution in [0.4, 0.5) is 0 Å². The van der Waals surface area contributed by atoms with Crippen molar-refractivity contribution in [2.24, 2.45) is 0 Å². The number of hydrogen-bond acceptors (Lipinski definition) is 4. The third kappa shape index (κ3) is 2.32. The van der Waals surface area contributed by atoms with Gasteiger partial charge in [-0.3, -0.25) is 0 Å². The van der Waals surface area contributed by atoms with Gasteiger partial charge in [-0.15, -0.1) is 10.2 Å². The van der Waals surface area contributed by atoms with Crippen LogP contribution in [0.1, 0.15) is 29.8 Å². The highest BCUT2D eigenvalue weighted by molar-refractivity contribution is 5.39. The molecule has 5 heteroatoms. The van der Waals surface area contributed by atoms with Gasteiger partial charge in [0.15, 0.2) is 5.82 Å². The van der Waals surface area contributed by atoms with Gasteiger partial charge in [0.05, 0.1) is 5.92 Å². The van der Waals surface area contributed by atoms with Gasteiger partial charge in [-0.05, 0) is 11.1 Å². The molecule has 21 heavy (non-hydrogen) atoms. The Kier molecular flexibility index (Phi) is 3.50. The van der Waals surface area contributed by atoms with E-state index in [0.717, 1.165) is 11.1 Å². The quantitative estimate of drug-likeness (QED) is 0.768. The first-order valence-corrected chi connectivity index (χ1v) is 6.79. The molecular formula is C16H16N4O. The minimum Gasteiger partial charge on any atom is -0.380 e. The molecule has 0 aliphatic rings. The minimum absolute atomic E-state index is 0.346. The Bertz CT molecular complexity index is 643. The van der Waals surface area contributed by atoms with E-state index < -0.39 is 5.60 Å². The van der Waals surface area contributed by atoms with Gasteiger partial charge in [0.1, 0.15) is 5.60 Å². The number of hydrogen-bond donors (Lipinski definition) is 2. The van der Waals surface area contributed by atoms with Crippen molar-refractivity contribution in [2.75, 3.05) is 0 Å². The zero-order valence-electron chi connectivity index (χ0n) is 11.6. The van der Waals surface area contributed by atoms with Crippen LogP contribution in [0.2, 0.25) is 0 Å². The number of benzene rings is 2. The molecule has 5 nitrogen and oxygen atoms in total. The number of nitrogens with one attached hydrogen (secondary N) is 1. The Morgan fingerprint density at radius 2 is 1.48 bits per heavy atom. The Morgan fingerprint density at radius 3 is 1.90 bits per heavy atom. The predicted octanol–water partition coefficient (Wildman–Crippen LogP) is 2.24. The molecule has 106 valence electrons. The molecule has 3 rings (SSSR count). The molecule has 0 amide bonds. The molecule has 0 saturated carbocycles. The smallest absolute Gasteiger partial charge is 0.180 e. The van der Waals surface area contributed by atoms with Gasteiger partial charge in [0.2, 0.25) is 0 Å². The molecule has 1 atom stereocenters. The molecule has 2 N–H and O–H groups in total. The number of aromatic amines is 1. The number of aromatic nitrogens is 4. The highest BCUT2D eigenvalue weighted by Gasteiger charge is 2.40. The molecule has 0 fully saturated rings. The van der Waals surface area contributed by atoms with Crippen LogP contribution in [-0.4, -0.2) is 25.7 Å². The standard InChI is InChI=1S/C16H16N4O/c1-12(15-17-19-20-18-15)16(21,13-8-4-2-5-9-13)14-10-6-3-7-11-14/h2-12,21H,1H3,(H,17,18,19,20).